The van der Waals surface area contributed by atoms with Gasteiger partial charge in [0.1, 0.15) is 0 Å². The van der Waals surface area contributed by atoms with E-state index in [1.54, 1.807) is 11.3 Å². The first-order chi connectivity index (χ1) is 8.02. The van der Waals surface area contributed by atoms with E-state index in [0.29, 0.717) is 0 Å². The predicted molar refractivity (Wildman–Crippen MR) is 75.6 cm³/mol. The van der Waals surface area contributed by atoms with E-state index in [1.807, 2.05) is 0 Å². The number of hydrogen-bond acceptors (Lipinski definition) is 3. The van der Waals surface area contributed by atoms with Crippen molar-refractivity contribution < 1.29 is 5.11 Å². The molecule has 1 rings (SSSR count). The normalized spacial score (nSPS) is 14.2. The molecule has 2 nitrogen and oxygen atoms in total. The van der Waals surface area contributed by atoms with Crippen LogP contribution in [0.4, 0.5) is 0 Å². The van der Waals surface area contributed by atoms with Crippen LogP contribution in [-0.4, -0.2) is 34.7 Å². The molecule has 0 saturated heterocycles. The van der Waals surface area contributed by atoms with Gasteiger partial charge in [-0.25, -0.2) is 0 Å². The second kappa shape index (κ2) is 6.53. The summed E-state index contributed by atoms with van der Waals surface area (Å²) in [5, 5.41) is 14.6. The van der Waals surface area contributed by atoms with Crippen molar-refractivity contribution in [3.05, 3.63) is 22.4 Å². The molecular formula is C14H25NOS. The van der Waals surface area contributed by atoms with Gasteiger partial charge in [0.25, 0.3) is 0 Å². The van der Waals surface area contributed by atoms with Crippen molar-refractivity contribution in [3.8, 4) is 0 Å². The zero-order valence-corrected chi connectivity index (χ0v) is 12.3. The van der Waals surface area contributed by atoms with Crippen LogP contribution in [0.5, 0.6) is 0 Å². The number of aryl methyl sites for hydroxylation is 1. The second-order valence-corrected chi connectivity index (χ2v) is 5.79. The van der Waals surface area contributed by atoms with Gasteiger partial charge in [0.05, 0.1) is 6.10 Å². The van der Waals surface area contributed by atoms with Crippen molar-refractivity contribution in [2.24, 2.45) is 0 Å². The molecule has 0 saturated carbocycles. The van der Waals surface area contributed by atoms with E-state index in [9.17, 15) is 5.11 Å². The highest BCUT2D eigenvalue weighted by Crippen LogP contribution is 2.22. The number of rotatable bonds is 7. The third-order valence-corrected chi connectivity index (χ3v) is 4.41. The lowest BCUT2D eigenvalue weighted by Gasteiger charge is -2.41. The number of aliphatic hydroxyl groups excluding tert-OH is 1. The van der Waals surface area contributed by atoms with Gasteiger partial charge in [0.15, 0.2) is 0 Å². The quantitative estimate of drug-likeness (QED) is 0.809. The van der Waals surface area contributed by atoms with Crippen LogP contribution in [-0.2, 0) is 6.42 Å². The Morgan fingerprint density at radius 2 is 2.00 bits per heavy atom. The van der Waals surface area contributed by atoms with Gasteiger partial charge in [-0.05, 0) is 62.2 Å². The van der Waals surface area contributed by atoms with Gasteiger partial charge < -0.3 is 5.11 Å². The Morgan fingerprint density at radius 1 is 1.35 bits per heavy atom. The van der Waals surface area contributed by atoms with Gasteiger partial charge in [0.2, 0.25) is 0 Å². The maximum absolute atomic E-state index is 10.4. The van der Waals surface area contributed by atoms with E-state index in [0.717, 1.165) is 25.9 Å². The van der Waals surface area contributed by atoms with Crippen molar-refractivity contribution in [1.82, 2.24) is 4.90 Å². The molecule has 17 heavy (non-hydrogen) atoms. The number of thiophene rings is 1. The first kappa shape index (κ1) is 14.7. The molecule has 98 valence electrons. The molecule has 1 aromatic heterocycles. The minimum atomic E-state index is -0.276. The maximum atomic E-state index is 10.4. The van der Waals surface area contributed by atoms with E-state index in [1.165, 1.54) is 5.56 Å². The molecule has 3 heteroatoms. The van der Waals surface area contributed by atoms with Crippen LogP contribution in [0.15, 0.2) is 16.8 Å². The Hall–Kier alpha value is -0.380. The Kier molecular flexibility index (Phi) is 5.63. The highest BCUT2D eigenvalue weighted by atomic mass is 32.1. The number of nitrogens with zero attached hydrogens (tertiary/aromatic N) is 1. The standard InChI is InChI=1S/C14H25NOS/c1-5-15(6-2)14(3,4)13(16)8-7-12-9-10-17-11-12/h9-11,13,16H,5-8H2,1-4H3. The van der Waals surface area contributed by atoms with Gasteiger partial charge >= 0.3 is 0 Å². The maximum Gasteiger partial charge on any atom is 0.0721 e. The van der Waals surface area contributed by atoms with Gasteiger partial charge in [-0.1, -0.05) is 13.8 Å². The van der Waals surface area contributed by atoms with Gasteiger partial charge in [0, 0.05) is 5.54 Å². The van der Waals surface area contributed by atoms with Crippen molar-refractivity contribution in [2.45, 2.75) is 52.2 Å². The third kappa shape index (κ3) is 3.80. The Balaban J connectivity index is 2.52. The summed E-state index contributed by atoms with van der Waals surface area (Å²) in [4.78, 5) is 2.32. The van der Waals surface area contributed by atoms with Crippen LogP contribution in [0, 0.1) is 0 Å². The monoisotopic (exact) mass is 255 g/mol. The van der Waals surface area contributed by atoms with Crippen molar-refractivity contribution in [1.29, 1.82) is 0 Å². The topological polar surface area (TPSA) is 23.5 Å². The molecule has 0 amide bonds. The van der Waals surface area contributed by atoms with E-state index >= 15 is 0 Å². The largest absolute Gasteiger partial charge is 0.391 e. The van der Waals surface area contributed by atoms with Crippen LogP contribution in [0.25, 0.3) is 0 Å². The van der Waals surface area contributed by atoms with Crippen LogP contribution in [0.3, 0.4) is 0 Å². The van der Waals surface area contributed by atoms with Crippen LogP contribution in [0.1, 0.15) is 39.7 Å². The second-order valence-electron chi connectivity index (χ2n) is 5.01. The van der Waals surface area contributed by atoms with Crippen molar-refractivity contribution in [2.75, 3.05) is 13.1 Å². The first-order valence-electron chi connectivity index (χ1n) is 6.46. The summed E-state index contributed by atoms with van der Waals surface area (Å²) in [6.45, 7) is 10.5. The average Bonchev–Trinajstić information content (AvgIpc) is 2.79. The van der Waals surface area contributed by atoms with Crippen LogP contribution < -0.4 is 0 Å². The molecule has 1 heterocycles. The molecule has 0 aliphatic carbocycles. The minimum absolute atomic E-state index is 0.139. The van der Waals surface area contributed by atoms with Crippen molar-refractivity contribution >= 4 is 11.3 Å². The number of likely N-dealkylation sites (N-methyl/N-ethyl adjacent to an activating group) is 1. The third-order valence-electron chi connectivity index (χ3n) is 3.68. The summed E-state index contributed by atoms with van der Waals surface area (Å²) in [5.41, 5.74) is 1.20. The number of hydrogen-bond donors (Lipinski definition) is 1. The van der Waals surface area contributed by atoms with Gasteiger partial charge in [-0.15, -0.1) is 0 Å². The van der Waals surface area contributed by atoms with E-state index < -0.39 is 0 Å². The van der Waals surface area contributed by atoms with Gasteiger partial charge in [-0.2, -0.15) is 11.3 Å². The average molecular weight is 255 g/mol. The lowest BCUT2D eigenvalue weighted by atomic mass is 9.90. The number of aliphatic hydroxyl groups is 1. The smallest absolute Gasteiger partial charge is 0.0721 e. The highest BCUT2D eigenvalue weighted by Gasteiger charge is 2.32. The Morgan fingerprint density at radius 3 is 2.47 bits per heavy atom. The first-order valence-corrected chi connectivity index (χ1v) is 7.40. The molecule has 1 N–H and O–H groups in total. The fourth-order valence-corrected chi connectivity index (χ4v) is 3.04. The Labute approximate surface area is 109 Å². The summed E-state index contributed by atoms with van der Waals surface area (Å²) in [7, 11) is 0. The van der Waals surface area contributed by atoms with Crippen LogP contribution in [0.2, 0.25) is 0 Å². The fraction of sp³-hybridized carbons (Fsp3) is 0.714. The van der Waals surface area contributed by atoms with Crippen molar-refractivity contribution in [3.63, 3.8) is 0 Å². The lowest BCUT2D eigenvalue weighted by Crippen LogP contribution is -2.52. The van der Waals surface area contributed by atoms with Crippen LogP contribution >= 0.6 is 11.3 Å². The molecule has 1 aromatic rings. The molecule has 1 unspecified atom stereocenters. The summed E-state index contributed by atoms with van der Waals surface area (Å²) in [6.07, 6.45) is 1.53. The molecule has 0 bridgehead atoms. The lowest BCUT2D eigenvalue weighted by molar-refractivity contribution is -0.00886. The molecule has 0 radical (unpaired) electrons. The molecule has 0 aromatic carbocycles. The zero-order chi connectivity index (χ0) is 12.9. The fourth-order valence-electron chi connectivity index (χ4n) is 2.34. The molecule has 0 aliphatic rings. The highest BCUT2D eigenvalue weighted by molar-refractivity contribution is 7.07. The van der Waals surface area contributed by atoms with E-state index in [2.05, 4.69) is 49.4 Å². The summed E-state index contributed by atoms with van der Waals surface area (Å²) >= 11 is 1.72. The molecule has 1 atom stereocenters. The molecule has 0 spiro atoms. The summed E-state index contributed by atoms with van der Waals surface area (Å²) in [5.74, 6) is 0. The Bertz CT molecular complexity index is 304. The summed E-state index contributed by atoms with van der Waals surface area (Å²) in [6, 6.07) is 2.14. The van der Waals surface area contributed by atoms with Gasteiger partial charge in [-0.3, -0.25) is 4.90 Å². The minimum Gasteiger partial charge on any atom is -0.391 e. The van der Waals surface area contributed by atoms with E-state index in [4.69, 9.17) is 0 Å². The zero-order valence-electron chi connectivity index (χ0n) is 11.4. The molecular weight excluding hydrogens is 230 g/mol. The van der Waals surface area contributed by atoms with E-state index in [-0.39, 0.29) is 11.6 Å². The predicted octanol–water partition coefficient (Wildman–Crippen LogP) is 3.16. The molecule has 0 fully saturated rings. The SMILES string of the molecule is CCN(CC)C(C)(C)C(O)CCc1ccsc1. The molecule has 0 aliphatic heterocycles. The summed E-state index contributed by atoms with van der Waals surface area (Å²) < 4.78 is 0.